The van der Waals surface area contributed by atoms with Gasteiger partial charge in [0.25, 0.3) is 16.0 Å². The van der Waals surface area contributed by atoms with E-state index < -0.39 is 34.0 Å². The number of ether oxygens (including phenoxy) is 3. The summed E-state index contributed by atoms with van der Waals surface area (Å²) < 4.78 is 51.2. The summed E-state index contributed by atoms with van der Waals surface area (Å²) in [6, 6.07) is 7.58. The third-order valence-corrected chi connectivity index (χ3v) is 6.82. The smallest absolute Gasteiger partial charge is 0.379 e. The van der Waals surface area contributed by atoms with Crippen molar-refractivity contribution in [1.29, 1.82) is 0 Å². The monoisotopic (exact) mass is 634 g/mol. The van der Waals surface area contributed by atoms with E-state index >= 15 is 0 Å². The van der Waals surface area contributed by atoms with E-state index in [1.807, 2.05) is 0 Å². The molecule has 3 aromatic heterocycles. The first-order valence-corrected chi connectivity index (χ1v) is 14.9. The minimum atomic E-state index is -3.83. The van der Waals surface area contributed by atoms with Crippen LogP contribution >= 0.6 is 11.3 Å². The van der Waals surface area contributed by atoms with Gasteiger partial charge in [-0.2, -0.15) is 18.2 Å². The number of aromatic nitrogens is 4. The number of nitrogens with zero attached hydrogens (tertiary/aromatic N) is 4. The highest BCUT2D eigenvalue weighted by atomic mass is 32.2. The first-order chi connectivity index (χ1) is 20.5. The van der Waals surface area contributed by atoms with Crippen molar-refractivity contribution in [2.75, 3.05) is 44.3 Å². The molecule has 0 fully saturated rings. The van der Waals surface area contributed by atoms with E-state index in [1.54, 1.807) is 24.3 Å². The first kappa shape index (κ1) is 31.3. The van der Waals surface area contributed by atoms with Crippen LogP contribution in [0.15, 0.2) is 45.7 Å². The van der Waals surface area contributed by atoms with E-state index in [2.05, 4.69) is 25.9 Å². The van der Waals surface area contributed by atoms with Crippen molar-refractivity contribution >= 4 is 44.2 Å². The zero-order valence-corrected chi connectivity index (χ0v) is 24.9. The number of rotatable bonds is 13. The largest absolute Gasteiger partial charge is 0.496 e. The summed E-state index contributed by atoms with van der Waals surface area (Å²) in [6.45, 7) is 1.04. The van der Waals surface area contributed by atoms with Crippen molar-refractivity contribution in [1.82, 2.24) is 20.0 Å². The maximum Gasteiger partial charge on any atom is 0.379 e. The zero-order valence-electron chi connectivity index (χ0n) is 23.3. The van der Waals surface area contributed by atoms with Crippen LogP contribution in [-0.4, -0.2) is 73.9 Å². The number of anilines is 2. The second kappa shape index (κ2) is 13.6. The van der Waals surface area contributed by atoms with Gasteiger partial charge in [0.1, 0.15) is 18.2 Å². The van der Waals surface area contributed by atoms with E-state index in [9.17, 15) is 22.8 Å². The maximum atomic E-state index is 13.2. The maximum absolute atomic E-state index is 13.2. The van der Waals surface area contributed by atoms with Crippen molar-refractivity contribution in [2.45, 2.75) is 13.5 Å². The molecule has 4 rings (SSSR count). The minimum Gasteiger partial charge on any atom is -0.496 e. The molecule has 0 aliphatic carbocycles. The van der Waals surface area contributed by atoms with Crippen molar-refractivity contribution < 1.29 is 40.8 Å². The topological polar surface area (TPSA) is 203 Å². The van der Waals surface area contributed by atoms with Gasteiger partial charge in [-0.15, -0.1) is 10.2 Å². The van der Waals surface area contributed by atoms with Gasteiger partial charge in [-0.1, -0.05) is 23.5 Å². The van der Waals surface area contributed by atoms with Gasteiger partial charge in [-0.25, -0.2) is 4.79 Å². The lowest BCUT2D eigenvalue weighted by Gasteiger charge is -2.17. The molecule has 0 unspecified atom stereocenters. The molecular weight excluding hydrogens is 608 g/mol. The molecule has 0 atom stereocenters. The molecule has 2 amide bonds. The Balaban J connectivity index is 1.73. The van der Waals surface area contributed by atoms with Crippen LogP contribution in [0.1, 0.15) is 23.0 Å². The summed E-state index contributed by atoms with van der Waals surface area (Å²) >= 11 is 0.937. The van der Waals surface area contributed by atoms with E-state index in [-0.39, 0.29) is 52.0 Å². The molecule has 16 nitrogen and oxygen atoms in total. The van der Waals surface area contributed by atoms with Crippen LogP contribution in [0.4, 0.5) is 10.9 Å². The van der Waals surface area contributed by atoms with Crippen molar-refractivity contribution in [3.63, 3.8) is 0 Å². The van der Waals surface area contributed by atoms with Crippen LogP contribution < -0.4 is 25.7 Å². The summed E-state index contributed by atoms with van der Waals surface area (Å²) in [4.78, 5) is 37.9. The normalized spacial score (nSPS) is 11.3. The molecule has 18 heteroatoms. The highest BCUT2D eigenvalue weighted by Gasteiger charge is 2.25. The number of amides is 2. The SMILES string of the molecule is COCCOc1c(-c2c(COS(C)(=O)=O)cccc2OC)cc(C(=O)Nc2nnc(-n3nccc3NC(C)=O)s2)oc1=O. The number of benzene rings is 1. The molecule has 2 N–H and O–H groups in total. The van der Waals surface area contributed by atoms with Crippen LogP contribution in [0.2, 0.25) is 0 Å². The average Bonchev–Trinajstić information content (AvgIpc) is 3.60. The van der Waals surface area contributed by atoms with E-state index in [4.69, 9.17) is 22.8 Å². The highest BCUT2D eigenvalue weighted by Crippen LogP contribution is 2.39. The van der Waals surface area contributed by atoms with E-state index in [0.717, 1.165) is 17.6 Å². The average molecular weight is 635 g/mol. The number of carbonyl (C=O) groups excluding carboxylic acids is 2. The second-order valence-corrected chi connectivity index (χ2v) is 11.2. The number of methoxy groups -OCH3 is 2. The predicted octanol–water partition coefficient (Wildman–Crippen LogP) is 2.06. The minimum absolute atomic E-state index is 0.0356. The highest BCUT2D eigenvalue weighted by molar-refractivity contribution is 7.85. The summed E-state index contributed by atoms with van der Waals surface area (Å²) in [5.41, 5.74) is -0.350. The lowest BCUT2D eigenvalue weighted by Crippen LogP contribution is -2.18. The summed E-state index contributed by atoms with van der Waals surface area (Å²) in [7, 11) is -0.993. The van der Waals surface area contributed by atoms with Gasteiger partial charge < -0.3 is 23.9 Å². The molecule has 0 saturated carbocycles. The Hall–Kier alpha value is -4.65. The lowest BCUT2D eigenvalue weighted by molar-refractivity contribution is -0.114. The van der Waals surface area contributed by atoms with Gasteiger partial charge in [0.05, 0.1) is 32.8 Å². The summed E-state index contributed by atoms with van der Waals surface area (Å²) in [5, 5.41) is 17.4. The number of hydrogen-bond acceptors (Lipinski definition) is 14. The van der Waals surface area contributed by atoms with Crippen molar-refractivity contribution in [3.8, 4) is 27.8 Å². The molecule has 0 bridgehead atoms. The Morgan fingerprint density at radius 2 is 1.91 bits per heavy atom. The molecule has 43 heavy (non-hydrogen) atoms. The molecule has 0 radical (unpaired) electrons. The molecular formula is C25H26N6O10S2. The van der Waals surface area contributed by atoms with E-state index in [0.29, 0.717) is 11.4 Å². The fraction of sp³-hybridized carbons (Fsp3) is 0.280. The molecule has 0 spiro atoms. The molecule has 1 aromatic carbocycles. The zero-order chi connectivity index (χ0) is 31.1. The summed E-state index contributed by atoms with van der Waals surface area (Å²) in [6.07, 6.45) is 2.35. The Labute approximate surface area is 248 Å². The molecule has 3 heterocycles. The lowest BCUT2D eigenvalue weighted by atomic mass is 9.98. The van der Waals surface area contributed by atoms with Crippen LogP contribution in [0.3, 0.4) is 0 Å². The van der Waals surface area contributed by atoms with Crippen LogP contribution in [-0.2, 0) is 30.4 Å². The predicted molar refractivity (Wildman–Crippen MR) is 153 cm³/mol. The third-order valence-electron chi connectivity index (χ3n) is 5.46. The molecule has 0 aliphatic rings. The fourth-order valence-corrected chi connectivity index (χ4v) is 4.78. The van der Waals surface area contributed by atoms with Crippen LogP contribution in [0, 0.1) is 0 Å². The summed E-state index contributed by atoms with van der Waals surface area (Å²) in [5.74, 6) is -1.27. The van der Waals surface area contributed by atoms with Gasteiger partial charge in [0, 0.05) is 31.2 Å². The fourth-order valence-electron chi connectivity index (χ4n) is 3.73. The standard InChI is InChI=1S/C25H26N6O10S2/c1-14(32)27-19-8-9-26-31(19)25-30-29-24(42-25)28-22(33)18-12-16(21(23(34)41-18)39-11-10-37-2)20-15(13-40-43(4,35)36)6-5-7-17(20)38-3/h5-9,12H,10-11,13H2,1-4H3,(H,27,32)(H,28,29,33). The quantitative estimate of drug-likeness (QED) is 0.160. The van der Waals surface area contributed by atoms with Crippen molar-refractivity contribution in [2.24, 2.45) is 0 Å². The Morgan fingerprint density at radius 1 is 1.12 bits per heavy atom. The molecule has 228 valence electrons. The van der Waals surface area contributed by atoms with Gasteiger partial charge in [0.15, 0.2) is 5.76 Å². The first-order valence-electron chi connectivity index (χ1n) is 12.3. The van der Waals surface area contributed by atoms with Crippen LogP contribution in [0.25, 0.3) is 16.3 Å². The number of nitrogens with one attached hydrogen (secondary N) is 2. The number of hydrogen-bond donors (Lipinski definition) is 2. The van der Waals surface area contributed by atoms with Crippen molar-refractivity contribution in [3.05, 3.63) is 58.3 Å². The molecule has 0 aliphatic heterocycles. The number of carbonyl (C=O) groups is 2. The Bertz CT molecular complexity index is 1800. The molecule has 0 saturated heterocycles. The van der Waals surface area contributed by atoms with Crippen LogP contribution in [0.5, 0.6) is 11.5 Å². The Morgan fingerprint density at radius 3 is 2.60 bits per heavy atom. The van der Waals surface area contributed by atoms with Gasteiger partial charge >= 0.3 is 5.63 Å². The molecule has 4 aromatic rings. The van der Waals surface area contributed by atoms with Gasteiger partial charge in [0.2, 0.25) is 21.9 Å². The van der Waals surface area contributed by atoms with Gasteiger partial charge in [-0.3, -0.25) is 19.1 Å². The third kappa shape index (κ3) is 7.80. The second-order valence-electron chi connectivity index (χ2n) is 8.60. The Kier molecular flexibility index (Phi) is 9.86. The van der Waals surface area contributed by atoms with E-state index in [1.165, 1.54) is 38.1 Å². The van der Waals surface area contributed by atoms with Gasteiger partial charge in [-0.05, 0) is 17.7 Å².